The maximum Gasteiger partial charge on any atom is 0.231 e. The third-order valence-electron chi connectivity index (χ3n) is 3.47. The fourth-order valence-corrected chi connectivity index (χ4v) is 2.80. The fourth-order valence-electron chi connectivity index (χ4n) is 2.80. The number of nitrogens with one attached hydrogen (secondary N) is 1. The zero-order valence-electron chi connectivity index (χ0n) is 9.66. The molecule has 1 N–H and O–H groups in total. The van der Waals surface area contributed by atoms with Crippen LogP contribution >= 0.6 is 0 Å². The smallest absolute Gasteiger partial charge is 0.231 e. The number of hydrogen-bond donors (Lipinski definition) is 1. The molecule has 2 aliphatic heterocycles. The highest BCUT2D eigenvalue weighted by atomic mass is 16.5. The molecule has 0 saturated carbocycles. The molecule has 0 amide bonds. The van der Waals surface area contributed by atoms with Crippen LogP contribution in [0.2, 0.25) is 0 Å². The highest BCUT2D eigenvalue weighted by Gasteiger charge is 2.37. The minimum atomic E-state index is 0.180. The molecule has 3 rings (SSSR count). The van der Waals surface area contributed by atoms with E-state index < -0.39 is 0 Å². The van der Waals surface area contributed by atoms with Crippen molar-refractivity contribution in [2.75, 3.05) is 19.8 Å². The Kier molecular flexibility index (Phi) is 2.58. The Morgan fingerprint density at radius 3 is 3.31 bits per heavy atom. The molecule has 1 aromatic carbocycles. The Hall–Kier alpha value is -1.06. The lowest BCUT2D eigenvalue weighted by molar-refractivity contribution is -0.893. The van der Waals surface area contributed by atoms with Crippen LogP contribution in [-0.4, -0.2) is 26.0 Å². The zero-order chi connectivity index (χ0) is 11.0. The van der Waals surface area contributed by atoms with Crippen LogP contribution in [0.5, 0.6) is 5.75 Å². The van der Waals surface area contributed by atoms with Crippen LogP contribution in [0.15, 0.2) is 18.2 Å². The highest BCUT2D eigenvalue weighted by Crippen LogP contribution is 2.30. The fraction of sp³-hybridized carbons (Fsp3) is 0.538. The maximum atomic E-state index is 5.79. The second-order valence-corrected chi connectivity index (χ2v) is 4.42. The van der Waals surface area contributed by atoms with Crippen LogP contribution in [0.1, 0.15) is 18.9 Å². The first kappa shape index (κ1) is 10.1. The largest absolute Gasteiger partial charge is 0.478 e. The van der Waals surface area contributed by atoms with Crippen molar-refractivity contribution in [1.82, 2.24) is 0 Å². The quantitative estimate of drug-likeness (QED) is 0.800. The van der Waals surface area contributed by atoms with Gasteiger partial charge < -0.3 is 9.47 Å². The average Bonchev–Trinajstić information content (AvgIpc) is 2.33. The second-order valence-electron chi connectivity index (χ2n) is 4.42. The first-order valence-electron chi connectivity index (χ1n) is 6.12. The summed E-state index contributed by atoms with van der Waals surface area (Å²) in [4.78, 5) is 1.46. The van der Waals surface area contributed by atoms with Crippen molar-refractivity contribution in [3.8, 4) is 5.75 Å². The average molecular weight is 220 g/mol. The van der Waals surface area contributed by atoms with Crippen molar-refractivity contribution in [1.29, 1.82) is 0 Å². The minimum Gasteiger partial charge on any atom is -0.478 e. The molecular weight excluding hydrogens is 202 g/mol. The Bertz CT molecular complexity index is 377. The third kappa shape index (κ3) is 1.51. The van der Waals surface area contributed by atoms with Gasteiger partial charge in [0.15, 0.2) is 18.0 Å². The van der Waals surface area contributed by atoms with E-state index in [0.29, 0.717) is 6.61 Å². The van der Waals surface area contributed by atoms with Crippen LogP contribution in [0.25, 0.3) is 0 Å². The number of rotatable bonds is 2. The van der Waals surface area contributed by atoms with Gasteiger partial charge in [-0.1, -0.05) is 12.1 Å². The molecule has 0 aliphatic carbocycles. The molecule has 2 atom stereocenters. The van der Waals surface area contributed by atoms with E-state index in [9.17, 15) is 0 Å². The molecule has 1 aromatic rings. The number of ether oxygens (including phenoxy) is 2. The summed E-state index contributed by atoms with van der Waals surface area (Å²) >= 11 is 0. The number of benzene rings is 1. The monoisotopic (exact) mass is 220 g/mol. The van der Waals surface area contributed by atoms with Gasteiger partial charge >= 0.3 is 0 Å². The maximum absolute atomic E-state index is 5.79. The van der Waals surface area contributed by atoms with Crippen LogP contribution in [0.3, 0.4) is 0 Å². The van der Waals surface area contributed by atoms with Crippen LogP contribution in [0, 0.1) is 0 Å². The van der Waals surface area contributed by atoms with Crippen LogP contribution < -0.4 is 9.64 Å². The van der Waals surface area contributed by atoms with E-state index in [-0.39, 0.29) is 6.23 Å². The molecule has 0 aromatic heterocycles. The van der Waals surface area contributed by atoms with Crippen molar-refractivity contribution in [3.63, 3.8) is 0 Å². The zero-order valence-corrected chi connectivity index (χ0v) is 9.66. The highest BCUT2D eigenvalue weighted by molar-refractivity contribution is 5.53. The first-order chi connectivity index (χ1) is 7.90. The summed E-state index contributed by atoms with van der Waals surface area (Å²) < 4.78 is 11.6. The van der Waals surface area contributed by atoms with Crippen molar-refractivity contribution < 1.29 is 14.4 Å². The molecule has 0 spiro atoms. The van der Waals surface area contributed by atoms with E-state index >= 15 is 0 Å². The van der Waals surface area contributed by atoms with Gasteiger partial charge in [-0.2, -0.15) is 0 Å². The van der Waals surface area contributed by atoms with E-state index in [2.05, 4.69) is 18.2 Å². The predicted octanol–water partition coefficient (Wildman–Crippen LogP) is 0.904. The van der Waals surface area contributed by atoms with Gasteiger partial charge in [0, 0.05) is 12.0 Å². The lowest BCUT2D eigenvalue weighted by Crippen LogP contribution is -3.14. The summed E-state index contributed by atoms with van der Waals surface area (Å²) in [7, 11) is 0. The van der Waals surface area contributed by atoms with Crippen molar-refractivity contribution in [2.45, 2.75) is 26.0 Å². The van der Waals surface area contributed by atoms with Gasteiger partial charge in [-0.25, -0.2) is 0 Å². The lowest BCUT2D eigenvalue weighted by Gasteiger charge is -2.36. The summed E-state index contributed by atoms with van der Waals surface area (Å²) in [5, 5.41) is 0. The Morgan fingerprint density at radius 2 is 2.44 bits per heavy atom. The molecule has 16 heavy (non-hydrogen) atoms. The summed E-state index contributed by atoms with van der Waals surface area (Å²) in [6.07, 6.45) is 2.60. The Morgan fingerprint density at radius 1 is 1.50 bits per heavy atom. The Balaban J connectivity index is 2.00. The first-order valence-corrected chi connectivity index (χ1v) is 6.12. The normalized spacial score (nSPS) is 27.1. The molecule has 0 saturated heterocycles. The van der Waals surface area contributed by atoms with Gasteiger partial charge in [0.2, 0.25) is 6.23 Å². The van der Waals surface area contributed by atoms with Crippen LogP contribution in [-0.2, 0) is 11.2 Å². The SMILES string of the molecule is CCOC1COc2cccc3c2[NH+]1CCC3. The molecule has 2 aliphatic rings. The number of quaternary nitrogens is 1. The predicted molar refractivity (Wildman–Crippen MR) is 61.2 cm³/mol. The number of para-hydroxylation sites is 1. The molecule has 2 heterocycles. The van der Waals surface area contributed by atoms with Gasteiger partial charge in [0.05, 0.1) is 13.2 Å². The standard InChI is InChI=1S/C13H17NO2/c1-2-15-12-9-16-11-7-3-5-10-6-4-8-14(12)13(10)11/h3,5,7,12H,2,4,6,8-9H2,1H3/p+1. The van der Waals surface area contributed by atoms with Crippen LogP contribution in [0.4, 0.5) is 5.69 Å². The third-order valence-corrected chi connectivity index (χ3v) is 3.47. The summed E-state index contributed by atoms with van der Waals surface area (Å²) in [6.45, 7) is 4.65. The van der Waals surface area contributed by atoms with E-state index in [1.165, 1.54) is 29.0 Å². The van der Waals surface area contributed by atoms with E-state index in [1.807, 2.05) is 6.92 Å². The molecule has 0 fully saturated rings. The van der Waals surface area contributed by atoms with Gasteiger partial charge in [-0.15, -0.1) is 0 Å². The van der Waals surface area contributed by atoms with Crippen molar-refractivity contribution in [2.24, 2.45) is 0 Å². The van der Waals surface area contributed by atoms with Crippen molar-refractivity contribution in [3.05, 3.63) is 23.8 Å². The molecule has 86 valence electrons. The van der Waals surface area contributed by atoms with E-state index in [4.69, 9.17) is 9.47 Å². The van der Waals surface area contributed by atoms with E-state index in [0.717, 1.165) is 18.9 Å². The van der Waals surface area contributed by atoms with Gasteiger partial charge in [-0.3, -0.25) is 4.90 Å². The second kappa shape index (κ2) is 4.07. The molecule has 2 unspecified atom stereocenters. The summed E-state index contributed by atoms with van der Waals surface area (Å²) in [5.41, 5.74) is 2.78. The molecule has 3 heteroatoms. The minimum absolute atomic E-state index is 0.180. The topological polar surface area (TPSA) is 22.9 Å². The molecular formula is C13H18NO2+. The summed E-state index contributed by atoms with van der Waals surface area (Å²) in [6, 6.07) is 6.39. The van der Waals surface area contributed by atoms with Crippen molar-refractivity contribution >= 4 is 5.69 Å². The van der Waals surface area contributed by atoms with Gasteiger partial charge in [0.25, 0.3) is 0 Å². The van der Waals surface area contributed by atoms with Gasteiger partial charge in [-0.05, 0) is 19.4 Å². The van der Waals surface area contributed by atoms with E-state index in [1.54, 1.807) is 0 Å². The summed E-state index contributed by atoms with van der Waals surface area (Å²) in [5.74, 6) is 1.06. The number of hydrogen-bond acceptors (Lipinski definition) is 2. The molecule has 0 bridgehead atoms. The van der Waals surface area contributed by atoms with Gasteiger partial charge in [0.1, 0.15) is 0 Å². The lowest BCUT2D eigenvalue weighted by atomic mass is 10.00. The molecule has 3 nitrogen and oxygen atoms in total. The number of aryl methyl sites for hydroxylation is 1. The Labute approximate surface area is 96.0 Å². The molecule has 0 radical (unpaired) electrons.